The van der Waals surface area contributed by atoms with Gasteiger partial charge in [-0.2, -0.15) is 0 Å². The van der Waals surface area contributed by atoms with E-state index >= 15 is 0 Å². The number of nitrogens with zero attached hydrogens (tertiary/aromatic N) is 3. The number of nitrogen functional groups attached to an aromatic ring is 1. The van der Waals surface area contributed by atoms with Crippen molar-refractivity contribution in [2.24, 2.45) is 0 Å². The monoisotopic (exact) mass is 421 g/mol. The number of fused-ring (bicyclic) bond motifs is 1. The maximum atomic E-state index is 12.8. The molecule has 2 unspecified atom stereocenters. The molecular weight excluding hydrogens is 394 g/mol. The second-order valence-electron chi connectivity index (χ2n) is 7.77. The van der Waals surface area contributed by atoms with E-state index in [2.05, 4.69) is 33.7 Å². The Kier molecular flexibility index (Phi) is 6.08. The number of thioether (sulfide) groups is 1. The molecule has 2 atom stereocenters. The van der Waals surface area contributed by atoms with Crippen LogP contribution in [0.15, 0.2) is 53.7 Å². The molecule has 0 fully saturated rings. The quantitative estimate of drug-likeness (QED) is 0.466. The van der Waals surface area contributed by atoms with Crippen LogP contribution >= 0.6 is 11.8 Å². The Bertz CT molecular complexity index is 1030. The SMILES string of the molecule is CC(Sc1nnc(-c2ccccc2)n1N)C(=O)NC(C)c1ccc2c(c1)CCCC2. The van der Waals surface area contributed by atoms with E-state index in [0.717, 1.165) is 24.0 Å². The third kappa shape index (κ3) is 4.36. The highest BCUT2D eigenvalue weighted by molar-refractivity contribution is 8.00. The number of rotatable bonds is 6. The molecule has 0 bridgehead atoms. The summed E-state index contributed by atoms with van der Waals surface area (Å²) in [6.45, 7) is 3.88. The summed E-state index contributed by atoms with van der Waals surface area (Å²) in [5, 5.41) is 11.6. The molecule has 7 heteroatoms. The molecule has 0 spiro atoms. The van der Waals surface area contributed by atoms with Gasteiger partial charge in [0, 0.05) is 5.56 Å². The molecule has 156 valence electrons. The number of aromatic nitrogens is 3. The molecule has 1 aliphatic rings. The molecule has 1 amide bonds. The minimum Gasteiger partial charge on any atom is -0.349 e. The van der Waals surface area contributed by atoms with E-state index in [9.17, 15) is 4.79 Å². The number of aryl methyl sites for hydroxylation is 2. The van der Waals surface area contributed by atoms with Gasteiger partial charge in [0.2, 0.25) is 11.1 Å². The first-order chi connectivity index (χ1) is 14.5. The summed E-state index contributed by atoms with van der Waals surface area (Å²) in [6, 6.07) is 16.2. The van der Waals surface area contributed by atoms with Crippen LogP contribution in [0.2, 0.25) is 0 Å². The highest BCUT2D eigenvalue weighted by Crippen LogP contribution is 2.27. The molecular formula is C23H27N5OS. The van der Waals surface area contributed by atoms with Crippen LogP contribution in [0.4, 0.5) is 0 Å². The van der Waals surface area contributed by atoms with E-state index in [-0.39, 0.29) is 17.2 Å². The molecule has 0 saturated heterocycles. The molecule has 3 aromatic rings. The summed E-state index contributed by atoms with van der Waals surface area (Å²) in [5.41, 5.74) is 4.91. The summed E-state index contributed by atoms with van der Waals surface area (Å²) >= 11 is 1.31. The van der Waals surface area contributed by atoms with Crippen molar-refractivity contribution in [1.29, 1.82) is 0 Å². The Morgan fingerprint density at radius 2 is 1.80 bits per heavy atom. The number of carbonyl (C=O) groups excluding carboxylic acids is 1. The zero-order valence-electron chi connectivity index (χ0n) is 17.3. The second kappa shape index (κ2) is 8.92. The molecule has 30 heavy (non-hydrogen) atoms. The van der Waals surface area contributed by atoms with Crippen molar-refractivity contribution >= 4 is 17.7 Å². The van der Waals surface area contributed by atoms with Gasteiger partial charge >= 0.3 is 0 Å². The fourth-order valence-corrected chi connectivity index (χ4v) is 4.57. The van der Waals surface area contributed by atoms with Crippen molar-refractivity contribution in [3.63, 3.8) is 0 Å². The van der Waals surface area contributed by atoms with Gasteiger partial charge in [-0.15, -0.1) is 10.2 Å². The first-order valence-electron chi connectivity index (χ1n) is 10.4. The average Bonchev–Trinajstić information content (AvgIpc) is 3.13. The van der Waals surface area contributed by atoms with Gasteiger partial charge in [-0.05, 0) is 56.2 Å². The van der Waals surface area contributed by atoms with Crippen LogP contribution in [0.3, 0.4) is 0 Å². The van der Waals surface area contributed by atoms with Crippen molar-refractivity contribution in [3.05, 3.63) is 65.2 Å². The predicted molar refractivity (Wildman–Crippen MR) is 121 cm³/mol. The molecule has 1 heterocycles. The molecule has 6 nitrogen and oxygen atoms in total. The minimum absolute atomic E-state index is 0.0468. The van der Waals surface area contributed by atoms with Gasteiger partial charge < -0.3 is 11.2 Å². The van der Waals surface area contributed by atoms with Crippen LogP contribution in [-0.4, -0.2) is 26.0 Å². The Labute approximate surface area is 181 Å². The van der Waals surface area contributed by atoms with E-state index in [1.165, 1.54) is 40.4 Å². The molecule has 0 saturated carbocycles. The second-order valence-corrected chi connectivity index (χ2v) is 9.08. The summed E-state index contributed by atoms with van der Waals surface area (Å²) in [7, 11) is 0. The number of carbonyl (C=O) groups is 1. The molecule has 3 N–H and O–H groups in total. The van der Waals surface area contributed by atoms with Gasteiger partial charge in [-0.25, -0.2) is 4.68 Å². The van der Waals surface area contributed by atoms with Crippen LogP contribution in [0.25, 0.3) is 11.4 Å². The molecule has 4 rings (SSSR count). The Hall–Kier alpha value is -2.80. The van der Waals surface area contributed by atoms with E-state index < -0.39 is 0 Å². The largest absolute Gasteiger partial charge is 0.349 e. The van der Waals surface area contributed by atoms with E-state index in [0.29, 0.717) is 11.0 Å². The summed E-state index contributed by atoms with van der Waals surface area (Å²) in [5.74, 6) is 6.71. The lowest BCUT2D eigenvalue weighted by atomic mass is 9.89. The third-order valence-corrected chi connectivity index (χ3v) is 6.64. The van der Waals surface area contributed by atoms with Crippen LogP contribution in [0.5, 0.6) is 0 Å². The summed E-state index contributed by atoms with van der Waals surface area (Å²) < 4.78 is 1.44. The maximum Gasteiger partial charge on any atom is 0.233 e. The molecule has 1 aromatic heterocycles. The Morgan fingerprint density at radius 3 is 2.57 bits per heavy atom. The lowest BCUT2D eigenvalue weighted by molar-refractivity contribution is -0.120. The molecule has 0 aliphatic heterocycles. The zero-order chi connectivity index (χ0) is 21.1. The van der Waals surface area contributed by atoms with Crippen molar-refractivity contribution < 1.29 is 4.79 Å². The van der Waals surface area contributed by atoms with Crippen molar-refractivity contribution in [3.8, 4) is 11.4 Å². The lowest BCUT2D eigenvalue weighted by Crippen LogP contribution is -2.33. The smallest absolute Gasteiger partial charge is 0.233 e. The number of hydrogen-bond donors (Lipinski definition) is 2. The molecule has 0 radical (unpaired) electrons. The average molecular weight is 422 g/mol. The van der Waals surface area contributed by atoms with E-state index in [1.807, 2.05) is 44.2 Å². The molecule has 2 aromatic carbocycles. The lowest BCUT2D eigenvalue weighted by Gasteiger charge is -2.21. The van der Waals surface area contributed by atoms with Gasteiger partial charge in [-0.1, -0.05) is 60.3 Å². The first-order valence-corrected chi connectivity index (χ1v) is 11.3. The van der Waals surface area contributed by atoms with Crippen molar-refractivity contribution in [2.75, 3.05) is 5.84 Å². The zero-order valence-corrected chi connectivity index (χ0v) is 18.2. The number of nitrogens with one attached hydrogen (secondary N) is 1. The summed E-state index contributed by atoms with van der Waals surface area (Å²) in [6.07, 6.45) is 4.81. The van der Waals surface area contributed by atoms with Crippen molar-refractivity contribution in [1.82, 2.24) is 20.2 Å². The van der Waals surface area contributed by atoms with Gasteiger partial charge in [0.1, 0.15) is 0 Å². The van der Waals surface area contributed by atoms with E-state index in [1.54, 1.807) is 0 Å². The van der Waals surface area contributed by atoms with Crippen LogP contribution in [0, 0.1) is 0 Å². The predicted octanol–water partition coefficient (Wildman–Crippen LogP) is 3.90. The minimum atomic E-state index is -0.347. The highest BCUT2D eigenvalue weighted by atomic mass is 32.2. The highest BCUT2D eigenvalue weighted by Gasteiger charge is 2.22. The fourth-order valence-electron chi connectivity index (χ4n) is 3.79. The normalized spacial score (nSPS) is 15.3. The standard InChI is InChI=1S/C23H27N5OS/c1-15(19-13-12-17-8-6-7-11-20(17)14-19)25-22(29)16(2)30-23-27-26-21(28(23)24)18-9-4-3-5-10-18/h3-5,9-10,12-16H,6-8,11,24H2,1-2H3,(H,25,29). The van der Waals surface area contributed by atoms with E-state index in [4.69, 9.17) is 5.84 Å². The van der Waals surface area contributed by atoms with Crippen molar-refractivity contribution in [2.45, 2.75) is 56.0 Å². The Balaban J connectivity index is 1.40. The summed E-state index contributed by atoms with van der Waals surface area (Å²) in [4.78, 5) is 12.8. The maximum absolute atomic E-state index is 12.8. The first kappa shape index (κ1) is 20.5. The van der Waals surface area contributed by atoms with Crippen LogP contribution in [0.1, 0.15) is 49.4 Å². The Morgan fingerprint density at radius 1 is 1.07 bits per heavy atom. The number of benzene rings is 2. The molecule has 1 aliphatic carbocycles. The fraction of sp³-hybridized carbons (Fsp3) is 0.348. The number of amides is 1. The number of hydrogen-bond acceptors (Lipinski definition) is 5. The van der Waals surface area contributed by atoms with Gasteiger partial charge in [0.05, 0.1) is 11.3 Å². The van der Waals surface area contributed by atoms with Gasteiger partial charge in [0.15, 0.2) is 5.82 Å². The van der Waals surface area contributed by atoms with Gasteiger partial charge in [0.25, 0.3) is 0 Å². The van der Waals surface area contributed by atoms with Crippen LogP contribution in [-0.2, 0) is 17.6 Å². The number of nitrogens with two attached hydrogens (primary N) is 1. The topological polar surface area (TPSA) is 85.8 Å². The van der Waals surface area contributed by atoms with Crippen LogP contribution < -0.4 is 11.2 Å². The van der Waals surface area contributed by atoms with Gasteiger partial charge in [-0.3, -0.25) is 4.79 Å². The third-order valence-electron chi connectivity index (χ3n) is 5.58.